The number of nitrogens with zero attached hydrogens (tertiary/aromatic N) is 4. The lowest BCUT2D eigenvalue weighted by atomic mass is 10.2. The normalized spacial score (nSPS) is 13.9. The molecule has 0 spiro atoms. The van der Waals surface area contributed by atoms with E-state index in [1.54, 1.807) is 6.33 Å². The minimum atomic E-state index is 0.551. The fourth-order valence-electron chi connectivity index (χ4n) is 3.53. The summed E-state index contributed by atoms with van der Waals surface area (Å²) >= 11 is 1.99. The van der Waals surface area contributed by atoms with Crippen LogP contribution in [0.4, 0.5) is 17.3 Å². The van der Waals surface area contributed by atoms with Gasteiger partial charge in [0.15, 0.2) is 0 Å². The van der Waals surface area contributed by atoms with Gasteiger partial charge in [-0.1, -0.05) is 30.3 Å². The molecule has 7 heteroatoms. The lowest BCUT2D eigenvalue weighted by Gasteiger charge is -2.27. The zero-order chi connectivity index (χ0) is 20.9. The highest BCUT2D eigenvalue weighted by Gasteiger charge is 2.14. The zero-order valence-corrected chi connectivity index (χ0v) is 17.9. The average Bonchev–Trinajstić information content (AvgIpc) is 2.85. The number of ether oxygens (including phenoxy) is 1. The zero-order valence-electron chi connectivity index (χ0n) is 17.1. The van der Waals surface area contributed by atoms with Gasteiger partial charge in [-0.25, -0.2) is 15.0 Å². The van der Waals surface area contributed by atoms with Crippen LogP contribution < -0.4 is 15.0 Å². The number of rotatable bonds is 6. The van der Waals surface area contributed by atoms with Crippen LogP contribution in [0, 0.1) is 0 Å². The molecule has 0 atom stereocenters. The molecule has 4 aromatic rings. The molecule has 2 aromatic heterocycles. The molecular formula is C24H23N5OS. The van der Waals surface area contributed by atoms with E-state index in [4.69, 9.17) is 4.74 Å². The van der Waals surface area contributed by atoms with E-state index in [9.17, 15) is 0 Å². The van der Waals surface area contributed by atoms with Crippen molar-refractivity contribution in [2.24, 2.45) is 0 Å². The minimum absolute atomic E-state index is 0.551. The Hall–Kier alpha value is -3.32. The standard InChI is InChI=1S/C24H23N5OS/c1-2-4-18(5-3-1)16-30-20-8-6-19(7-9-20)28-24-21-14-23(29-10-12-31-13-11-29)25-15-22(21)26-17-27-24/h1-9,14-15,17H,10-13,16H2,(H,26,27,28). The number of hydrogen-bond acceptors (Lipinski definition) is 7. The van der Waals surface area contributed by atoms with E-state index >= 15 is 0 Å². The molecular weight excluding hydrogens is 406 g/mol. The van der Waals surface area contributed by atoms with E-state index in [1.807, 2.05) is 60.4 Å². The summed E-state index contributed by atoms with van der Waals surface area (Å²) in [5.41, 5.74) is 2.92. The molecule has 0 aliphatic carbocycles. The van der Waals surface area contributed by atoms with Crippen LogP contribution in [0.3, 0.4) is 0 Å². The van der Waals surface area contributed by atoms with Gasteiger partial charge in [0.2, 0.25) is 0 Å². The van der Waals surface area contributed by atoms with Gasteiger partial charge in [-0.2, -0.15) is 11.8 Å². The van der Waals surface area contributed by atoms with Crippen molar-refractivity contribution in [3.05, 3.63) is 78.8 Å². The van der Waals surface area contributed by atoms with Gasteiger partial charge in [0.1, 0.15) is 30.3 Å². The number of aromatic nitrogens is 3. The molecule has 1 aliphatic heterocycles. The molecule has 0 radical (unpaired) electrons. The molecule has 1 aliphatic rings. The maximum Gasteiger partial charge on any atom is 0.141 e. The molecule has 6 nitrogen and oxygen atoms in total. The van der Waals surface area contributed by atoms with Gasteiger partial charge in [-0.05, 0) is 35.9 Å². The van der Waals surface area contributed by atoms with Crippen LogP contribution in [0.15, 0.2) is 73.2 Å². The second-order valence-electron chi connectivity index (χ2n) is 7.30. The number of thioether (sulfide) groups is 1. The van der Waals surface area contributed by atoms with E-state index in [0.29, 0.717) is 6.61 Å². The predicted octanol–water partition coefficient (Wildman–Crippen LogP) is 4.90. The summed E-state index contributed by atoms with van der Waals surface area (Å²) in [4.78, 5) is 15.8. The summed E-state index contributed by atoms with van der Waals surface area (Å²) in [6.07, 6.45) is 3.40. The van der Waals surface area contributed by atoms with Gasteiger partial charge in [0, 0.05) is 35.7 Å². The largest absolute Gasteiger partial charge is 0.489 e. The Labute approximate surface area is 185 Å². The Morgan fingerprint density at radius 3 is 2.55 bits per heavy atom. The fraction of sp³-hybridized carbons (Fsp3) is 0.208. The number of pyridine rings is 1. The van der Waals surface area contributed by atoms with Crippen molar-refractivity contribution in [2.75, 3.05) is 34.8 Å². The molecule has 5 rings (SSSR count). The van der Waals surface area contributed by atoms with Crippen molar-refractivity contribution in [1.82, 2.24) is 15.0 Å². The molecule has 156 valence electrons. The van der Waals surface area contributed by atoms with Gasteiger partial charge in [0.25, 0.3) is 0 Å². The van der Waals surface area contributed by atoms with Gasteiger partial charge in [-0.3, -0.25) is 0 Å². The van der Waals surface area contributed by atoms with E-state index in [0.717, 1.165) is 64.1 Å². The van der Waals surface area contributed by atoms with Gasteiger partial charge in [0.05, 0.1) is 11.7 Å². The number of anilines is 3. The Bertz CT molecular complexity index is 1150. The van der Waals surface area contributed by atoms with Crippen LogP contribution in [0.5, 0.6) is 5.75 Å². The second-order valence-corrected chi connectivity index (χ2v) is 8.53. The lowest BCUT2D eigenvalue weighted by Crippen LogP contribution is -2.33. The summed E-state index contributed by atoms with van der Waals surface area (Å²) in [5.74, 6) is 4.86. The molecule has 3 heterocycles. The summed E-state index contributed by atoms with van der Waals surface area (Å²) in [7, 11) is 0. The first-order chi connectivity index (χ1) is 15.3. The maximum absolute atomic E-state index is 5.88. The monoisotopic (exact) mass is 429 g/mol. The smallest absolute Gasteiger partial charge is 0.141 e. The first-order valence-electron chi connectivity index (χ1n) is 10.3. The van der Waals surface area contributed by atoms with Crippen LogP contribution >= 0.6 is 11.8 Å². The van der Waals surface area contributed by atoms with Crippen molar-refractivity contribution in [1.29, 1.82) is 0 Å². The third-order valence-corrected chi connectivity index (χ3v) is 6.15. The highest BCUT2D eigenvalue weighted by atomic mass is 32.2. The SMILES string of the molecule is c1ccc(COc2ccc(Nc3ncnc4cnc(N5CCSCC5)cc34)cc2)cc1. The van der Waals surface area contributed by atoms with Crippen LogP contribution in [0.25, 0.3) is 10.9 Å². The molecule has 31 heavy (non-hydrogen) atoms. The van der Waals surface area contributed by atoms with Crippen molar-refractivity contribution in [3.63, 3.8) is 0 Å². The van der Waals surface area contributed by atoms with E-state index in [-0.39, 0.29) is 0 Å². The summed E-state index contributed by atoms with van der Waals surface area (Å²) in [6.45, 7) is 2.59. The summed E-state index contributed by atoms with van der Waals surface area (Å²) < 4.78 is 5.88. The van der Waals surface area contributed by atoms with E-state index < -0.39 is 0 Å². The van der Waals surface area contributed by atoms with Crippen molar-refractivity contribution < 1.29 is 4.74 Å². The summed E-state index contributed by atoms with van der Waals surface area (Å²) in [5, 5.41) is 4.39. The molecule has 0 amide bonds. The quantitative estimate of drug-likeness (QED) is 0.468. The lowest BCUT2D eigenvalue weighted by molar-refractivity contribution is 0.306. The second kappa shape index (κ2) is 9.22. The van der Waals surface area contributed by atoms with Crippen molar-refractivity contribution in [2.45, 2.75) is 6.61 Å². The number of benzene rings is 2. The topological polar surface area (TPSA) is 63.2 Å². The van der Waals surface area contributed by atoms with Crippen molar-refractivity contribution >= 4 is 40.0 Å². The molecule has 0 unspecified atom stereocenters. The first kappa shape index (κ1) is 19.6. The minimum Gasteiger partial charge on any atom is -0.489 e. The number of fused-ring (bicyclic) bond motifs is 1. The maximum atomic E-state index is 5.88. The van der Waals surface area contributed by atoms with Crippen LogP contribution in [0.2, 0.25) is 0 Å². The fourth-order valence-corrected chi connectivity index (χ4v) is 4.43. The third kappa shape index (κ3) is 4.72. The first-order valence-corrected chi connectivity index (χ1v) is 11.5. The number of hydrogen-bond donors (Lipinski definition) is 1. The Morgan fingerprint density at radius 1 is 0.935 bits per heavy atom. The molecule has 1 fully saturated rings. The summed E-state index contributed by atoms with van der Waals surface area (Å²) in [6, 6.07) is 20.2. The number of nitrogens with one attached hydrogen (secondary N) is 1. The van der Waals surface area contributed by atoms with Crippen molar-refractivity contribution in [3.8, 4) is 5.75 Å². The molecule has 2 aromatic carbocycles. The average molecular weight is 430 g/mol. The molecule has 0 saturated carbocycles. The van der Waals surface area contributed by atoms with Crippen LogP contribution in [-0.4, -0.2) is 39.5 Å². The van der Waals surface area contributed by atoms with Crippen LogP contribution in [-0.2, 0) is 6.61 Å². The highest BCUT2D eigenvalue weighted by molar-refractivity contribution is 7.99. The highest BCUT2D eigenvalue weighted by Crippen LogP contribution is 2.27. The molecule has 0 bridgehead atoms. The van der Waals surface area contributed by atoms with Gasteiger partial charge >= 0.3 is 0 Å². The van der Waals surface area contributed by atoms with E-state index in [2.05, 4.69) is 43.4 Å². The predicted molar refractivity (Wildman–Crippen MR) is 127 cm³/mol. The Kier molecular flexibility index (Phi) is 5.84. The Morgan fingerprint density at radius 2 is 1.74 bits per heavy atom. The third-order valence-electron chi connectivity index (χ3n) is 5.21. The van der Waals surface area contributed by atoms with Gasteiger partial charge < -0.3 is 15.0 Å². The van der Waals surface area contributed by atoms with Gasteiger partial charge in [-0.15, -0.1) is 0 Å². The Balaban J connectivity index is 1.32. The molecule has 1 saturated heterocycles. The van der Waals surface area contributed by atoms with Crippen LogP contribution in [0.1, 0.15) is 5.56 Å². The molecule has 1 N–H and O–H groups in total. The van der Waals surface area contributed by atoms with E-state index in [1.165, 1.54) is 0 Å².